The number of rotatable bonds is 4. The average Bonchev–Trinajstić information content (AvgIpc) is 3.35. The van der Waals surface area contributed by atoms with Gasteiger partial charge in [-0.05, 0) is 34.9 Å². The van der Waals surface area contributed by atoms with Crippen LogP contribution in [-0.4, -0.2) is 22.7 Å². The summed E-state index contributed by atoms with van der Waals surface area (Å²) < 4.78 is 7.24. The number of hydrogen-bond acceptors (Lipinski definition) is 4. The number of Topliss-reactive ketones (excluding diaryl/α,β-unsaturated/α-hetero) is 1. The van der Waals surface area contributed by atoms with Crippen LogP contribution in [0.5, 0.6) is 5.75 Å². The molecule has 0 saturated heterocycles. The highest BCUT2D eigenvalue weighted by Crippen LogP contribution is 2.44. The van der Waals surface area contributed by atoms with Crippen LogP contribution >= 0.6 is 15.9 Å². The van der Waals surface area contributed by atoms with Gasteiger partial charge in [-0.1, -0.05) is 101 Å². The van der Waals surface area contributed by atoms with Gasteiger partial charge in [0.2, 0.25) is 5.78 Å². The average molecular weight is 509 g/mol. The molecule has 0 N–H and O–H groups in total. The van der Waals surface area contributed by atoms with Crippen LogP contribution in [0.25, 0.3) is 11.1 Å². The third kappa shape index (κ3) is 3.72. The molecular weight excluding hydrogens is 488 g/mol. The Bertz CT molecular complexity index is 1390. The quantitative estimate of drug-likeness (QED) is 0.282. The Morgan fingerprint density at radius 2 is 1.47 bits per heavy atom. The van der Waals surface area contributed by atoms with Gasteiger partial charge in [0, 0.05) is 22.0 Å². The van der Waals surface area contributed by atoms with Gasteiger partial charge in [0.15, 0.2) is 0 Å². The molecule has 4 aromatic carbocycles. The Kier molecular flexibility index (Phi) is 5.27. The summed E-state index contributed by atoms with van der Waals surface area (Å²) in [7, 11) is 0. The van der Waals surface area contributed by atoms with E-state index in [2.05, 4.69) is 46.3 Å². The SMILES string of the molecule is O=C(c1ccc(-c2ccccc2)cc1)[C@@H]1Oc2ccc(Br)cc2[C@@H]2CC(c3ccccc3)=NN12. The highest BCUT2D eigenvalue weighted by Gasteiger charge is 2.43. The van der Waals surface area contributed by atoms with E-state index in [1.807, 2.05) is 77.8 Å². The summed E-state index contributed by atoms with van der Waals surface area (Å²) in [6, 6.07) is 33.8. The van der Waals surface area contributed by atoms with Crippen LogP contribution in [0.1, 0.15) is 33.9 Å². The zero-order chi connectivity index (χ0) is 23.1. The van der Waals surface area contributed by atoms with Gasteiger partial charge in [-0.2, -0.15) is 5.10 Å². The van der Waals surface area contributed by atoms with Crippen molar-refractivity contribution in [2.45, 2.75) is 18.7 Å². The minimum Gasteiger partial charge on any atom is -0.461 e. The molecule has 4 aromatic rings. The highest BCUT2D eigenvalue weighted by molar-refractivity contribution is 9.10. The Morgan fingerprint density at radius 3 is 2.18 bits per heavy atom. The molecule has 2 aliphatic rings. The van der Waals surface area contributed by atoms with Crippen LogP contribution < -0.4 is 4.74 Å². The largest absolute Gasteiger partial charge is 0.461 e. The van der Waals surface area contributed by atoms with Crippen molar-refractivity contribution in [2.24, 2.45) is 5.10 Å². The summed E-state index contributed by atoms with van der Waals surface area (Å²) in [6.07, 6.45) is -0.101. The second-order valence-electron chi connectivity index (χ2n) is 8.47. The smallest absolute Gasteiger partial charge is 0.251 e. The standard InChI is InChI=1S/C29H21BrN2O2/c30-23-15-16-27-24(17-23)26-18-25(21-9-5-2-6-10-21)31-32(26)29(34-27)28(33)22-13-11-20(12-14-22)19-7-3-1-4-8-19/h1-17,26,29H,18H2/t26-,29-/m0/s1. The van der Waals surface area contributed by atoms with E-state index in [0.29, 0.717) is 12.0 Å². The minimum atomic E-state index is -0.817. The van der Waals surface area contributed by atoms with Crippen molar-refractivity contribution < 1.29 is 9.53 Å². The van der Waals surface area contributed by atoms with Crippen LogP contribution in [0.3, 0.4) is 0 Å². The Balaban J connectivity index is 1.36. The number of hydrogen-bond donors (Lipinski definition) is 0. The number of carbonyl (C=O) groups excluding carboxylic acids is 1. The third-order valence-electron chi connectivity index (χ3n) is 6.36. The van der Waals surface area contributed by atoms with Crippen LogP contribution in [0, 0.1) is 0 Å². The van der Waals surface area contributed by atoms with Crippen LogP contribution in [0.4, 0.5) is 0 Å². The molecule has 4 nitrogen and oxygen atoms in total. The maximum atomic E-state index is 13.7. The Labute approximate surface area is 206 Å². The van der Waals surface area contributed by atoms with Gasteiger partial charge in [0.25, 0.3) is 6.23 Å². The molecule has 166 valence electrons. The molecule has 34 heavy (non-hydrogen) atoms. The first-order valence-corrected chi connectivity index (χ1v) is 12.0. The molecule has 2 aliphatic heterocycles. The third-order valence-corrected chi connectivity index (χ3v) is 6.85. The molecule has 0 aromatic heterocycles. The molecule has 0 fully saturated rings. The summed E-state index contributed by atoms with van der Waals surface area (Å²) >= 11 is 3.58. The second kappa shape index (κ2) is 8.58. The van der Waals surface area contributed by atoms with Gasteiger partial charge in [0.1, 0.15) is 5.75 Å². The zero-order valence-corrected chi connectivity index (χ0v) is 19.9. The lowest BCUT2D eigenvalue weighted by molar-refractivity contribution is -0.00458. The van der Waals surface area contributed by atoms with Gasteiger partial charge >= 0.3 is 0 Å². The van der Waals surface area contributed by atoms with Crippen molar-refractivity contribution >= 4 is 27.4 Å². The summed E-state index contributed by atoms with van der Waals surface area (Å²) in [5, 5.41) is 6.73. The minimum absolute atomic E-state index is 0.0611. The van der Waals surface area contributed by atoms with E-state index >= 15 is 0 Å². The molecular formula is C29H21BrN2O2. The fraction of sp³-hybridized carbons (Fsp3) is 0.103. The van der Waals surface area contributed by atoms with E-state index in [0.717, 1.165) is 38.2 Å². The molecule has 0 amide bonds. The second-order valence-corrected chi connectivity index (χ2v) is 9.39. The molecule has 0 bridgehead atoms. The van der Waals surface area contributed by atoms with E-state index in [-0.39, 0.29) is 11.8 Å². The van der Waals surface area contributed by atoms with Gasteiger partial charge < -0.3 is 4.74 Å². The van der Waals surface area contributed by atoms with E-state index in [4.69, 9.17) is 9.84 Å². The molecule has 0 saturated carbocycles. The van der Waals surface area contributed by atoms with Crippen molar-refractivity contribution in [1.82, 2.24) is 5.01 Å². The molecule has 0 unspecified atom stereocenters. The summed E-state index contributed by atoms with van der Waals surface area (Å²) in [5.74, 6) is 0.629. The van der Waals surface area contributed by atoms with Crippen molar-refractivity contribution in [2.75, 3.05) is 0 Å². The number of ether oxygens (including phenoxy) is 1. The number of halogens is 1. The molecule has 0 spiro atoms. The van der Waals surface area contributed by atoms with Crippen molar-refractivity contribution in [3.63, 3.8) is 0 Å². The van der Waals surface area contributed by atoms with Crippen LogP contribution in [0.2, 0.25) is 0 Å². The lowest BCUT2D eigenvalue weighted by Gasteiger charge is -2.37. The first kappa shape index (κ1) is 20.9. The predicted octanol–water partition coefficient (Wildman–Crippen LogP) is 6.87. The van der Waals surface area contributed by atoms with Crippen LogP contribution in [0.15, 0.2) is 113 Å². The molecule has 2 atom stereocenters. The maximum Gasteiger partial charge on any atom is 0.251 e. The number of fused-ring (bicyclic) bond motifs is 3. The Hall–Kier alpha value is -3.70. The Morgan fingerprint density at radius 1 is 0.824 bits per heavy atom. The van der Waals surface area contributed by atoms with Crippen molar-refractivity contribution in [3.05, 3.63) is 124 Å². The number of hydrazone groups is 1. The van der Waals surface area contributed by atoms with Crippen LogP contribution in [-0.2, 0) is 0 Å². The topological polar surface area (TPSA) is 41.9 Å². The molecule has 5 heteroatoms. The maximum absolute atomic E-state index is 13.7. The first-order valence-electron chi connectivity index (χ1n) is 11.2. The summed E-state index contributed by atoms with van der Waals surface area (Å²) in [4.78, 5) is 13.7. The number of nitrogens with zero attached hydrogens (tertiary/aromatic N) is 2. The number of ketones is 1. The van der Waals surface area contributed by atoms with Gasteiger partial charge in [-0.3, -0.25) is 4.79 Å². The number of carbonyl (C=O) groups is 1. The van der Waals surface area contributed by atoms with E-state index in [9.17, 15) is 4.79 Å². The van der Waals surface area contributed by atoms with Crippen molar-refractivity contribution in [3.8, 4) is 16.9 Å². The first-order chi connectivity index (χ1) is 16.7. The summed E-state index contributed by atoms with van der Waals surface area (Å²) in [5.41, 5.74) is 5.85. The normalized spacial score (nSPS) is 18.5. The molecule has 0 radical (unpaired) electrons. The number of benzene rings is 4. The zero-order valence-electron chi connectivity index (χ0n) is 18.3. The fourth-order valence-electron chi connectivity index (χ4n) is 4.64. The monoisotopic (exact) mass is 508 g/mol. The van der Waals surface area contributed by atoms with E-state index in [1.165, 1.54) is 0 Å². The van der Waals surface area contributed by atoms with Gasteiger partial charge in [-0.25, -0.2) is 5.01 Å². The fourth-order valence-corrected chi connectivity index (χ4v) is 5.01. The highest BCUT2D eigenvalue weighted by atomic mass is 79.9. The van der Waals surface area contributed by atoms with Crippen molar-refractivity contribution in [1.29, 1.82) is 0 Å². The lowest BCUT2D eigenvalue weighted by atomic mass is 9.95. The molecule has 0 aliphatic carbocycles. The molecule has 6 rings (SSSR count). The predicted molar refractivity (Wildman–Crippen MR) is 137 cm³/mol. The van der Waals surface area contributed by atoms with Gasteiger partial charge in [-0.15, -0.1) is 0 Å². The lowest BCUT2D eigenvalue weighted by Crippen LogP contribution is -2.45. The van der Waals surface area contributed by atoms with E-state index < -0.39 is 6.23 Å². The van der Waals surface area contributed by atoms with Gasteiger partial charge in [0.05, 0.1) is 11.8 Å². The van der Waals surface area contributed by atoms with E-state index in [1.54, 1.807) is 0 Å². The molecule has 2 heterocycles. The summed E-state index contributed by atoms with van der Waals surface area (Å²) in [6.45, 7) is 0.